The van der Waals surface area contributed by atoms with Gasteiger partial charge in [-0.15, -0.1) is 0 Å². The molecule has 0 aromatic heterocycles. The predicted molar refractivity (Wildman–Crippen MR) is 87.5 cm³/mol. The first kappa shape index (κ1) is 14.8. The SMILES string of the molecule is CCOC(=O)c1cc(Br)c2c(c1)COC(c1ccccc1)=N2. The van der Waals surface area contributed by atoms with E-state index in [0.717, 1.165) is 21.3 Å². The summed E-state index contributed by atoms with van der Waals surface area (Å²) in [5.74, 6) is 0.238. The Morgan fingerprint density at radius 2 is 2.09 bits per heavy atom. The van der Waals surface area contributed by atoms with Crippen LogP contribution in [0.3, 0.4) is 0 Å². The number of nitrogens with zero attached hydrogens (tertiary/aromatic N) is 1. The van der Waals surface area contributed by atoms with Crippen LogP contribution in [0.15, 0.2) is 51.9 Å². The number of aliphatic imine (C=N–C) groups is 1. The van der Waals surface area contributed by atoms with E-state index in [1.54, 1.807) is 19.1 Å². The molecule has 0 bridgehead atoms. The third kappa shape index (κ3) is 2.90. The van der Waals surface area contributed by atoms with E-state index in [9.17, 15) is 4.79 Å². The Labute approximate surface area is 136 Å². The number of halogens is 1. The van der Waals surface area contributed by atoms with Crippen LogP contribution in [0.5, 0.6) is 0 Å². The van der Waals surface area contributed by atoms with Gasteiger partial charge >= 0.3 is 5.97 Å². The summed E-state index contributed by atoms with van der Waals surface area (Å²) in [6.45, 7) is 2.50. The fraction of sp³-hybridized carbons (Fsp3) is 0.176. The van der Waals surface area contributed by atoms with Crippen LogP contribution in [0.1, 0.15) is 28.4 Å². The monoisotopic (exact) mass is 359 g/mol. The van der Waals surface area contributed by atoms with Crippen molar-refractivity contribution in [2.24, 2.45) is 4.99 Å². The van der Waals surface area contributed by atoms with Gasteiger partial charge in [0.25, 0.3) is 0 Å². The lowest BCUT2D eigenvalue weighted by atomic mass is 10.1. The molecule has 2 aromatic carbocycles. The molecule has 0 saturated carbocycles. The molecular weight excluding hydrogens is 346 g/mol. The molecular formula is C17H14BrNO3. The van der Waals surface area contributed by atoms with Gasteiger partial charge in [0.2, 0.25) is 5.90 Å². The maximum Gasteiger partial charge on any atom is 0.338 e. The van der Waals surface area contributed by atoms with Gasteiger partial charge in [-0.25, -0.2) is 9.79 Å². The molecule has 0 unspecified atom stereocenters. The van der Waals surface area contributed by atoms with Crippen LogP contribution in [0.25, 0.3) is 0 Å². The van der Waals surface area contributed by atoms with E-state index in [1.807, 2.05) is 30.3 Å². The molecule has 1 aliphatic heterocycles. The molecule has 0 radical (unpaired) electrons. The summed E-state index contributed by atoms with van der Waals surface area (Å²) in [6, 6.07) is 13.2. The van der Waals surface area contributed by atoms with Crippen LogP contribution in [0.2, 0.25) is 0 Å². The van der Waals surface area contributed by atoms with Gasteiger partial charge in [0.15, 0.2) is 0 Å². The molecule has 0 aliphatic carbocycles. The molecule has 22 heavy (non-hydrogen) atoms. The Balaban J connectivity index is 1.99. The summed E-state index contributed by atoms with van der Waals surface area (Å²) >= 11 is 3.48. The lowest BCUT2D eigenvalue weighted by molar-refractivity contribution is 0.0526. The standard InChI is InChI=1S/C17H14BrNO3/c1-2-21-17(20)12-8-13-10-22-16(11-6-4-3-5-7-11)19-15(13)14(18)9-12/h3-9H,2,10H2,1H3. The maximum absolute atomic E-state index is 11.8. The number of hydrogen-bond acceptors (Lipinski definition) is 4. The van der Waals surface area contributed by atoms with E-state index in [0.29, 0.717) is 24.7 Å². The molecule has 0 saturated heterocycles. The number of rotatable bonds is 3. The molecule has 0 amide bonds. The van der Waals surface area contributed by atoms with Crippen molar-refractivity contribution in [3.8, 4) is 0 Å². The first-order chi connectivity index (χ1) is 10.7. The zero-order chi connectivity index (χ0) is 15.5. The van der Waals surface area contributed by atoms with Crippen LogP contribution < -0.4 is 0 Å². The summed E-state index contributed by atoms with van der Waals surface area (Å²) in [6.07, 6.45) is 0. The second-order valence-corrected chi connectivity index (χ2v) is 5.61. The summed E-state index contributed by atoms with van der Waals surface area (Å²) in [7, 11) is 0. The summed E-state index contributed by atoms with van der Waals surface area (Å²) in [5.41, 5.74) is 3.07. The van der Waals surface area contributed by atoms with E-state index in [4.69, 9.17) is 9.47 Å². The average molecular weight is 360 g/mol. The summed E-state index contributed by atoms with van der Waals surface area (Å²) in [5, 5.41) is 0. The number of ether oxygens (including phenoxy) is 2. The van der Waals surface area contributed by atoms with Crippen LogP contribution in [-0.2, 0) is 16.1 Å². The van der Waals surface area contributed by atoms with Crippen molar-refractivity contribution in [1.82, 2.24) is 0 Å². The second kappa shape index (κ2) is 6.32. The van der Waals surface area contributed by atoms with Gasteiger partial charge < -0.3 is 9.47 Å². The Kier molecular flexibility index (Phi) is 4.24. The van der Waals surface area contributed by atoms with Crippen molar-refractivity contribution in [3.63, 3.8) is 0 Å². The molecule has 112 valence electrons. The highest BCUT2D eigenvalue weighted by atomic mass is 79.9. The van der Waals surface area contributed by atoms with E-state index in [-0.39, 0.29) is 5.97 Å². The Morgan fingerprint density at radius 1 is 1.32 bits per heavy atom. The highest BCUT2D eigenvalue weighted by Crippen LogP contribution is 2.35. The number of benzene rings is 2. The predicted octanol–water partition coefficient (Wildman–Crippen LogP) is 4.23. The molecule has 5 heteroatoms. The summed E-state index contributed by atoms with van der Waals surface area (Å²) in [4.78, 5) is 16.4. The van der Waals surface area contributed by atoms with Crippen molar-refractivity contribution >= 4 is 33.5 Å². The Morgan fingerprint density at radius 3 is 2.82 bits per heavy atom. The molecule has 0 fully saturated rings. The van der Waals surface area contributed by atoms with Crippen LogP contribution in [0, 0.1) is 0 Å². The van der Waals surface area contributed by atoms with Crippen molar-refractivity contribution in [1.29, 1.82) is 0 Å². The minimum absolute atomic E-state index is 0.344. The fourth-order valence-electron chi connectivity index (χ4n) is 2.23. The van der Waals surface area contributed by atoms with E-state index in [1.165, 1.54) is 0 Å². The molecule has 0 spiro atoms. The van der Waals surface area contributed by atoms with E-state index < -0.39 is 0 Å². The normalized spacial score (nSPS) is 12.9. The van der Waals surface area contributed by atoms with Gasteiger partial charge in [0, 0.05) is 15.6 Å². The number of esters is 1. The van der Waals surface area contributed by atoms with Crippen molar-refractivity contribution in [2.45, 2.75) is 13.5 Å². The molecule has 1 aliphatic rings. The van der Waals surface area contributed by atoms with Gasteiger partial charge in [0.05, 0.1) is 17.9 Å². The number of fused-ring (bicyclic) bond motifs is 1. The molecule has 2 aromatic rings. The quantitative estimate of drug-likeness (QED) is 0.770. The van der Waals surface area contributed by atoms with Gasteiger partial charge in [-0.1, -0.05) is 18.2 Å². The first-order valence-corrected chi connectivity index (χ1v) is 7.74. The number of carbonyl (C=O) groups excluding carboxylic acids is 1. The van der Waals surface area contributed by atoms with Gasteiger partial charge in [0.1, 0.15) is 6.61 Å². The number of hydrogen-bond donors (Lipinski definition) is 0. The topological polar surface area (TPSA) is 47.9 Å². The highest BCUT2D eigenvalue weighted by Gasteiger charge is 2.20. The molecule has 4 nitrogen and oxygen atoms in total. The van der Waals surface area contributed by atoms with Gasteiger partial charge in [-0.3, -0.25) is 0 Å². The lowest BCUT2D eigenvalue weighted by Crippen LogP contribution is -2.13. The lowest BCUT2D eigenvalue weighted by Gasteiger charge is -2.19. The van der Waals surface area contributed by atoms with Crippen LogP contribution in [-0.4, -0.2) is 18.5 Å². The molecule has 1 heterocycles. The number of carbonyl (C=O) groups is 1. The maximum atomic E-state index is 11.8. The largest absolute Gasteiger partial charge is 0.472 e. The zero-order valence-corrected chi connectivity index (χ0v) is 13.6. The van der Waals surface area contributed by atoms with Gasteiger partial charge in [-0.05, 0) is 47.1 Å². The Bertz CT molecular complexity index is 741. The minimum Gasteiger partial charge on any atom is -0.472 e. The highest BCUT2D eigenvalue weighted by molar-refractivity contribution is 9.10. The first-order valence-electron chi connectivity index (χ1n) is 6.95. The average Bonchev–Trinajstić information content (AvgIpc) is 2.55. The second-order valence-electron chi connectivity index (χ2n) is 4.76. The zero-order valence-electron chi connectivity index (χ0n) is 12.0. The third-order valence-electron chi connectivity index (χ3n) is 3.25. The molecule has 0 N–H and O–H groups in total. The van der Waals surface area contributed by atoms with E-state index in [2.05, 4.69) is 20.9 Å². The third-order valence-corrected chi connectivity index (χ3v) is 3.86. The van der Waals surface area contributed by atoms with Crippen LogP contribution in [0.4, 0.5) is 5.69 Å². The van der Waals surface area contributed by atoms with Crippen molar-refractivity contribution < 1.29 is 14.3 Å². The summed E-state index contributed by atoms with van der Waals surface area (Å²) < 4.78 is 11.5. The van der Waals surface area contributed by atoms with Gasteiger partial charge in [-0.2, -0.15) is 0 Å². The van der Waals surface area contributed by atoms with Crippen molar-refractivity contribution in [2.75, 3.05) is 6.61 Å². The smallest absolute Gasteiger partial charge is 0.338 e. The molecule has 3 rings (SSSR count). The van der Waals surface area contributed by atoms with Crippen LogP contribution >= 0.6 is 15.9 Å². The molecule has 0 atom stereocenters. The van der Waals surface area contributed by atoms with Crippen molar-refractivity contribution in [3.05, 3.63) is 63.6 Å². The minimum atomic E-state index is -0.344. The Hall–Kier alpha value is -2.14. The fourth-order valence-corrected chi connectivity index (χ4v) is 2.82. The van der Waals surface area contributed by atoms with E-state index >= 15 is 0 Å².